The topological polar surface area (TPSA) is 105 Å². The summed E-state index contributed by atoms with van der Waals surface area (Å²) in [5.74, 6) is -0.416. The fraction of sp³-hybridized carbons (Fsp3) is 0.321. The lowest BCUT2D eigenvalue weighted by atomic mass is 10.0. The number of aryl methyl sites for hydroxylation is 1. The number of ether oxygens (including phenoxy) is 1. The third-order valence-corrected chi connectivity index (χ3v) is 6.45. The molecule has 0 saturated carbocycles. The fourth-order valence-electron chi connectivity index (χ4n) is 4.42. The maximum absolute atomic E-state index is 12.6. The second-order valence-corrected chi connectivity index (χ2v) is 8.65. The average molecular weight is 490 g/mol. The summed E-state index contributed by atoms with van der Waals surface area (Å²) in [6, 6.07) is 13.3. The van der Waals surface area contributed by atoms with Crippen molar-refractivity contribution >= 4 is 33.4 Å². The maximum atomic E-state index is 12.6. The SMILES string of the molecule is CCN(CC)c1ccc2c(C)c(CCOC(=O)CNCc3ccc4cc[nH]c(=O)c4c3)c(=O)oc2c1. The van der Waals surface area contributed by atoms with Crippen molar-refractivity contribution in [1.29, 1.82) is 0 Å². The van der Waals surface area contributed by atoms with E-state index in [9.17, 15) is 14.4 Å². The predicted molar refractivity (Wildman–Crippen MR) is 142 cm³/mol. The molecule has 0 fully saturated rings. The lowest BCUT2D eigenvalue weighted by Crippen LogP contribution is -2.25. The monoisotopic (exact) mass is 489 g/mol. The van der Waals surface area contributed by atoms with Gasteiger partial charge in [0.05, 0.1) is 13.2 Å². The van der Waals surface area contributed by atoms with Gasteiger partial charge in [0.2, 0.25) is 0 Å². The van der Waals surface area contributed by atoms with Gasteiger partial charge in [0.25, 0.3) is 5.56 Å². The summed E-state index contributed by atoms with van der Waals surface area (Å²) in [5, 5.41) is 5.38. The normalized spacial score (nSPS) is 11.2. The van der Waals surface area contributed by atoms with Gasteiger partial charge in [-0.1, -0.05) is 12.1 Å². The minimum absolute atomic E-state index is 0.0165. The second-order valence-electron chi connectivity index (χ2n) is 8.65. The zero-order chi connectivity index (χ0) is 25.7. The first-order chi connectivity index (χ1) is 17.4. The summed E-state index contributed by atoms with van der Waals surface area (Å²) in [6.07, 6.45) is 1.90. The molecule has 0 amide bonds. The van der Waals surface area contributed by atoms with Crippen molar-refractivity contribution in [3.63, 3.8) is 0 Å². The van der Waals surface area contributed by atoms with Gasteiger partial charge in [-0.15, -0.1) is 0 Å². The minimum atomic E-state index is -0.416. The van der Waals surface area contributed by atoms with Crippen LogP contribution in [0.2, 0.25) is 0 Å². The van der Waals surface area contributed by atoms with Crippen molar-refractivity contribution in [3.8, 4) is 0 Å². The molecule has 0 aliphatic rings. The van der Waals surface area contributed by atoms with E-state index in [0.29, 0.717) is 23.1 Å². The van der Waals surface area contributed by atoms with Crippen LogP contribution >= 0.6 is 0 Å². The number of aromatic nitrogens is 1. The molecule has 2 aromatic carbocycles. The first-order valence-corrected chi connectivity index (χ1v) is 12.2. The highest BCUT2D eigenvalue weighted by Gasteiger charge is 2.14. The van der Waals surface area contributed by atoms with Crippen molar-refractivity contribution in [2.24, 2.45) is 0 Å². The minimum Gasteiger partial charge on any atom is -0.464 e. The van der Waals surface area contributed by atoms with Crippen LogP contribution < -0.4 is 21.4 Å². The molecule has 4 rings (SSSR count). The number of esters is 1. The number of carbonyl (C=O) groups excluding carboxylic acids is 1. The van der Waals surface area contributed by atoms with Crippen LogP contribution in [-0.4, -0.2) is 37.2 Å². The van der Waals surface area contributed by atoms with Crippen LogP contribution in [0.1, 0.15) is 30.5 Å². The molecule has 0 spiro atoms. The van der Waals surface area contributed by atoms with Gasteiger partial charge >= 0.3 is 11.6 Å². The molecule has 2 N–H and O–H groups in total. The molecule has 4 aromatic rings. The van der Waals surface area contributed by atoms with Gasteiger partial charge in [0, 0.05) is 60.3 Å². The third kappa shape index (κ3) is 5.49. The number of hydrogen-bond acceptors (Lipinski definition) is 7. The van der Waals surface area contributed by atoms with Crippen molar-refractivity contribution in [1.82, 2.24) is 10.3 Å². The van der Waals surface area contributed by atoms with Gasteiger partial charge in [-0.25, -0.2) is 4.79 Å². The largest absolute Gasteiger partial charge is 0.464 e. The molecule has 36 heavy (non-hydrogen) atoms. The molecule has 0 unspecified atom stereocenters. The van der Waals surface area contributed by atoms with E-state index < -0.39 is 11.6 Å². The van der Waals surface area contributed by atoms with E-state index in [4.69, 9.17) is 9.15 Å². The number of carbonyl (C=O) groups is 1. The summed E-state index contributed by atoms with van der Waals surface area (Å²) in [4.78, 5) is 41.6. The Balaban J connectivity index is 1.32. The Morgan fingerprint density at radius 1 is 1.06 bits per heavy atom. The fourth-order valence-corrected chi connectivity index (χ4v) is 4.42. The number of pyridine rings is 1. The van der Waals surface area contributed by atoms with E-state index in [1.807, 2.05) is 43.3 Å². The molecule has 2 aromatic heterocycles. The Hall–Kier alpha value is -3.91. The number of nitrogens with one attached hydrogen (secondary N) is 2. The molecule has 0 saturated heterocycles. The Kier molecular flexibility index (Phi) is 7.85. The smallest absolute Gasteiger partial charge is 0.339 e. The number of H-pyrrole nitrogens is 1. The van der Waals surface area contributed by atoms with Crippen molar-refractivity contribution in [2.45, 2.75) is 33.7 Å². The molecule has 0 radical (unpaired) electrons. The van der Waals surface area contributed by atoms with Crippen LogP contribution in [0.25, 0.3) is 21.7 Å². The van der Waals surface area contributed by atoms with E-state index in [2.05, 4.69) is 29.0 Å². The molecule has 188 valence electrons. The quantitative estimate of drug-likeness (QED) is 0.259. The lowest BCUT2D eigenvalue weighted by Gasteiger charge is -2.21. The van der Waals surface area contributed by atoms with E-state index in [1.165, 1.54) is 0 Å². The Bertz CT molecular complexity index is 1500. The summed E-state index contributed by atoms with van der Waals surface area (Å²) in [7, 11) is 0. The molecular formula is C28H31N3O5. The third-order valence-electron chi connectivity index (χ3n) is 6.45. The van der Waals surface area contributed by atoms with Crippen LogP contribution in [0, 0.1) is 6.92 Å². The number of aromatic amines is 1. The van der Waals surface area contributed by atoms with Crippen molar-refractivity contribution in [2.75, 3.05) is 31.1 Å². The van der Waals surface area contributed by atoms with Gasteiger partial charge in [-0.2, -0.15) is 0 Å². The highest BCUT2D eigenvalue weighted by atomic mass is 16.5. The Morgan fingerprint density at radius 3 is 2.64 bits per heavy atom. The van der Waals surface area contributed by atoms with Crippen molar-refractivity contribution in [3.05, 3.63) is 86.1 Å². The molecule has 8 heteroatoms. The second kappa shape index (κ2) is 11.2. The number of anilines is 1. The molecule has 0 aliphatic carbocycles. The average Bonchev–Trinajstić information content (AvgIpc) is 2.87. The highest BCUT2D eigenvalue weighted by molar-refractivity contribution is 5.84. The molecule has 0 atom stereocenters. The summed E-state index contributed by atoms with van der Waals surface area (Å²) >= 11 is 0. The van der Waals surface area contributed by atoms with Gasteiger partial charge in [-0.3, -0.25) is 9.59 Å². The van der Waals surface area contributed by atoms with Gasteiger partial charge in [0.15, 0.2) is 0 Å². The van der Waals surface area contributed by atoms with Crippen LogP contribution in [-0.2, 0) is 22.5 Å². The number of nitrogens with zero attached hydrogens (tertiary/aromatic N) is 1. The van der Waals surface area contributed by atoms with E-state index in [1.54, 1.807) is 12.3 Å². The molecule has 8 nitrogen and oxygen atoms in total. The van der Waals surface area contributed by atoms with E-state index in [0.717, 1.165) is 40.7 Å². The zero-order valence-corrected chi connectivity index (χ0v) is 20.8. The van der Waals surface area contributed by atoms with Crippen LogP contribution in [0.4, 0.5) is 5.69 Å². The number of hydrogen-bond donors (Lipinski definition) is 2. The molecular weight excluding hydrogens is 458 g/mol. The van der Waals surface area contributed by atoms with Gasteiger partial charge < -0.3 is 24.4 Å². The van der Waals surface area contributed by atoms with E-state index >= 15 is 0 Å². The summed E-state index contributed by atoms with van der Waals surface area (Å²) in [5.41, 5.74) is 3.26. The zero-order valence-electron chi connectivity index (χ0n) is 20.8. The standard InChI is InChI=1S/C28H31N3O5/c1-4-31(5-2)21-8-9-22-18(3)23(28(34)36-25(22)15-21)11-13-35-26(32)17-29-16-19-6-7-20-10-12-30-27(33)24(20)14-19/h6-10,12,14-15,29H,4-5,11,13,16-17H2,1-3H3,(H,30,33). The summed E-state index contributed by atoms with van der Waals surface area (Å²) < 4.78 is 10.9. The number of fused-ring (bicyclic) bond motifs is 2. The molecule has 2 heterocycles. The molecule has 0 bridgehead atoms. The molecule has 0 aliphatic heterocycles. The predicted octanol–water partition coefficient (Wildman–Crippen LogP) is 3.66. The lowest BCUT2D eigenvalue weighted by molar-refractivity contribution is -0.142. The Labute approximate surface area is 208 Å². The number of rotatable bonds is 10. The van der Waals surface area contributed by atoms with Crippen molar-refractivity contribution < 1.29 is 13.9 Å². The Morgan fingerprint density at radius 2 is 1.86 bits per heavy atom. The van der Waals surface area contributed by atoms with Gasteiger partial charge in [-0.05, 0) is 61.5 Å². The van der Waals surface area contributed by atoms with Crippen LogP contribution in [0.3, 0.4) is 0 Å². The first-order valence-electron chi connectivity index (χ1n) is 12.2. The van der Waals surface area contributed by atoms with Crippen LogP contribution in [0.5, 0.6) is 0 Å². The van der Waals surface area contributed by atoms with Gasteiger partial charge in [0.1, 0.15) is 5.58 Å². The summed E-state index contributed by atoms with van der Waals surface area (Å²) in [6.45, 7) is 8.31. The van der Waals surface area contributed by atoms with E-state index in [-0.39, 0.29) is 25.1 Å². The van der Waals surface area contributed by atoms with Crippen LogP contribution in [0.15, 0.2) is 62.7 Å². The maximum Gasteiger partial charge on any atom is 0.339 e. The highest BCUT2D eigenvalue weighted by Crippen LogP contribution is 2.25. The number of benzene rings is 2. The first kappa shape index (κ1) is 25.2.